The summed E-state index contributed by atoms with van der Waals surface area (Å²) in [7, 11) is 3.45. The van der Waals surface area contributed by atoms with E-state index in [1.807, 2.05) is 0 Å². The van der Waals surface area contributed by atoms with Gasteiger partial charge < -0.3 is 4.90 Å². The topological polar surface area (TPSA) is 44.4 Å². The maximum atomic E-state index is 11.1. The second-order valence-electron chi connectivity index (χ2n) is 3.80. The standard InChI is InChI=1S/C9H19N3OS/c1-12(2)9(13)10-11-14-8-6-4-3-5-7-8/h8,11H,3-7H2,1-2H3,(H,10,13). The lowest BCUT2D eigenvalue weighted by Crippen LogP contribution is -2.41. The van der Waals surface area contributed by atoms with Crippen LogP contribution < -0.4 is 10.3 Å². The molecule has 1 saturated carbocycles. The summed E-state index contributed by atoms with van der Waals surface area (Å²) in [6.45, 7) is 0. The molecule has 0 saturated heterocycles. The lowest BCUT2D eigenvalue weighted by molar-refractivity contribution is 0.216. The average Bonchev–Trinajstić information content (AvgIpc) is 2.19. The Hall–Kier alpha value is -0.420. The molecule has 0 atom stereocenters. The zero-order valence-corrected chi connectivity index (χ0v) is 9.69. The van der Waals surface area contributed by atoms with Crippen molar-refractivity contribution in [2.75, 3.05) is 14.1 Å². The van der Waals surface area contributed by atoms with Crippen molar-refractivity contribution in [3.8, 4) is 0 Å². The van der Waals surface area contributed by atoms with Crippen LogP contribution >= 0.6 is 11.9 Å². The van der Waals surface area contributed by atoms with E-state index in [-0.39, 0.29) is 6.03 Å². The van der Waals surface area contributed by atoms with Crippen LogP contribution in [-0.2, 0) is 0 Å². The minimum Gasteiger partial charge on any atom is -0.330 e. The highest BCUT2D eigenvalue weighted by Crippen LogP contribution is 2.25. The first-order valence-corrected chi connectivity index (χ1v) is 5.96. The maximum absolute atomic E-state index is 11.1. The van der Waals surface area contributed by atoms with Gasteiger partial charge in [-0.1, -0.05) is 31.2 Å². The molecule has 2 N–H and O–H groups in total. The Morgan fingerprint density at radius 1 is 1.29 bits per heavy atom. The molecular formula is C9H19N3OS. The van der Waals surface area contributed by atoms with Crippen molar-refractivity contribution in [3.05, 3.63) is 0 Å². The van der Waals surface area contributed by atoms with Gasteiger partial charge in [0, 0.05) is 19.3 Å². The molecule has 1 aliphatic carbocycles. The lowest BCUT2D eigenvalue weighted by Gasteiger charge is -2.21. The molecule has 0 aromatic rings. The zero-order chi connectivity index (χ0) is 10.4. The Kier molecular flexibility index (Phi) is 5.11. The summed E-state index contributed by atoms with van der Waals surface area (Å²) in [5.41, 5.74) is 2.63. The molecular weight excluding hydrogens is 198 g/mol. The summed E-state index contributed by atoms with van der Waals surface area (Å²) in [4.78, 5) is 15.5. The summed E-state index contributed by atoms with van der Waals surface area (Å²) in [5.74, 6) is 0. The van der Waals surface area contributed by atoms with E-state index in [1.165, 1.54) is 37.0 Å². The summed E-state index contributed by atoms with van der Waals surface area (Å²) in [5, 5.41) is 0.659. The number of hydrogen-bond donors (Lipinski definition) is 2. The number of carbonyl (C=O) groups is 1. The number of nitrogens with one attached hydrogen (secondary N) is 2. The molecule has 0 aromatic carbocycles. The van der Waals surface area contributed by atoms with Crippen LogP contribution in [0.1, 0.15) is 32.1 Å². The van der Waals surface area contributed by atoms with E-state index < -0.39 is 0 Å². The second-order valence-corrected chi connectivity index (χ2v) is 4.91. The number of nitrogens with zero attached hydrogens (tertiary/aromatic N) is 1. The van der Waals surface area contributed by atoms with Crippen LogP contribution in [0.25, 0.3) is 0 Å². The third-order valence-electron chi connectivity index (χ3n) is 2.34. The molecule has 0 aromatic heterocycles. The highest BCUT2D eigenvalue weighted by molar-refractivity contribution is 7.98. The van der Waals surface area contributed by atoms with Crippen molar-refractivity contribution in [1.29, 1.82) is 0 Å². The predicted octanol–water partition coefficient (Wildman–Crippen LogP) is 1.74. The Balaban J connectivity index is 2.05. The third kappa shape index (κ3) is 4.19. The third-order valence-corrected chi connectivity index (χ3v) is 3.37. The summed E-state index contributed by atoms with van der Waals surface area (Å²) in [6.07, 6.45) is 6.52. The molecule has 2 amide bonds. The highest BCUT2D eigenvalue weighted by atomic mass is 32.2. The molecule has 5 heteroatoms. The highest BCUT2D eigenvalue weighted by Gasteiger charge is 2.13. The van der Waals surface area contributed by atoms with E-state index in [4.69, 9.17) is 0 Å². The monoisotopic (exact) mass is 217 g/mol. The van der Waals surface area contributed by atoms with Crippen LogP contribution in [0.3, 0.4) is 0 Å². The number of amides is 2. The van der Waals surface area contributed by atoms with E-state index in [2.05, 4.69) is 10.3 Å². The van der Waals surface area contributed by atoms with Crippen LogP contribution in [0.2, 0.25) is 0 Å². The van der Waals surface area contributed by atoms with Gasteiger partial charge in [0.25, 0.3) is 0 Å². The Morgan fingerprint density at radius 3 is 2.50 bits per heavy atom. The molecule has 0 heterocycles. The van der Waals surface area contributed by atoms with Gasteiger partial charge in [-0.15, -0.1) is 0 Å². The number of hydrazine groups is 1. The van der Waals surface area contributed by atoms with Crippen molar-refractivity contribution >= 4 is 18.0 Å². The average molecular weight is 217 g/mol. The number of rotatable bonds is 3. The van der Waals surface area contributed by atoms with Gasteiger partial charge >= 0.3 is 6.03 Å². The molecule has 82 valence electrons. The first kappa shape index (κ1) is 11.7. The van der Waals surface area contributed by atoms with Gasteiger partial charge in [0.15, 0.2) is 0 Å². The van der Waals surface area contributed by atoms with Crippen LogP contribution in [-0.4, -0.2) is 30.3 Å². The van der Waals surface area contributed by atoms with Crippen LogP contribution in [0.4, 0.5) is 4.79 Å². The molecule has 14 heavy (non-hydrogen) atoms. The van der Waals surface area contributed by atoms with Gasteiger partial charge in [-0.05, 0) is 12.8 Å². The van der Waals surface area contributed by atoms with E-state index in [9.17, 15) is 4.79 Å². The van der Waals surface area contributed by atoms with Crippen molar-refractivity contribution in [2.45, 2.75) is 37.4 Å². The molecule has 1 fully saturated rings. The van der Waals surface area contributed by atoms with Crippen molar-refractivity contribution in [3.63, 3.8) is 0 Å². The Bertz CT molecular complexity index is 181. The van der Waals surface area contributed by atoms with Gasteiger partial charge in [0.1, 0.15) is 0 Å². The van der Waals surface area contributed by atoms with Crippen LogP contribution in [0, 0.1) is 0 Å². The quantitative estimate of drug-likeness (QED) is 0.559. The van der Waals surface area contributed by atoms with E-state index in [1.54, 1.807) is 26.0 Å². The number of urea groups is 1. The number of hydrogen-bond acceptors (Lipinski definition) is 3. The second kappa shape index (κ2) is 6.14. The maximum Gasteiger partial charge on any atom is 0.331 e. The Labute approximate surface area is 89.9 Å². The fourth-order valence-electron chi connectivity index (χ4n) is 1.45. The van der Waals surface area contributed by atoms with Crippen molar-refractivity contribution < 1.29 is 4.79 Å². The minimum absolute atomic E-state index is 0.103. The lowest BCUT2D eigenvalue weighted by atomic mass is 10.0. The van der Waals surface area contributed by atoms with Gasteiger partial charge in [0.2, 0.25) is 0 Å². The van der Waals surface area contributed by atoms with Crippen molar-refractivity contribution in [2.24, 2.45) is 0 Å². The summed E-state index contributed by atoms with van der Waals surface area (Å²) < 4.78 is 0. The van der Waals surface area contributed by atoms with Crippen LogP contribution in [0.5, 0.6) is 0 Å². The van der Waals surface area contributed by atoms with E-state index >= 15 is 0 Å². The van der Waals surface area contributed by atoms with E-state index in [0.29, 0.717) is 5.25 Å². The SMILES string of the molecule is CN(C)C(=O)NNSC1CCCCC1. The van der Waals surface area contributed by atoms with Crippen LogP contribution in [0.15, 0.2) is 0 Å². The first-order chi connectivity index (χ1) is 6.70. The fourth-order valence-corrected chi connectivity index (χ4v) is 2.33. The molecule has 0 bridgehead atoms. The largest absolute Gasteiger partial charge is 0.331 e. The molecule has 0 aliphatic heterocycles. The number of carbonyl (C=O) groups excluding carboxylic acids is 1. The van der Waals surface area contributed by atoms with E-state index in [0.717, 1.165) is 0 Å². The molecule has 1 aliphatic rings. The summed E-state index contributed by atoms with van der Waals surface area (Å²) >= 11 is 1.63. The molecule has 0 unspecified atom stereocenters. The normalized spacial score (nSPS) is 17.9. The molecule has 1 rings (SSSR count). The van der Waals surface area contributed by atoms with Gasteiger partial charge in [-0.3, -0.25) is 5.43 Å². The molecule has 0 radical (unpaired) electrons. The zero-order valence-electron chi connectivity index (χ0n) is 8.88. The summed E-state index contributed by atoms with van der Waals surface area (Å²) in [6, 6.07) is -0.103. The van der Waals surface area contributed by atoms with Crippen molar-refractivity contribution in [1.82, 2.24) is 15.2 Å². The van der Waals surface area contributed by atoms with Gasteiger partial charge in [-0.25, -0.2) is 4.79 Å². The Morgan fingerprint density at radius 2 is 1.93 bits per heavy atom. The van der Waals surface area contributed by atoms with Gasteiger partial charge in [0.05, 0.1) is 0 Å². The fraction of sp³-hybridized carbons (Fsp3) is 0.889. The smallest absolute Gasteiger partial charge is 0.330 e. The molecule has 4 nitrogen and oxygen atoms in total. The van der Waals surface area contributed by atoms with Gasteiger partial charge in [-0.2, -0.15) is 4.83 Å². The minimum atomic E-state index is -0.103. The first-order valence-electron chi connectivity index (χ1n) is 5.08. The molecule has 0 spiro atoms. The predicted molar refractivity (Wildman–Crippen MR) is 59.8 cm³/mol.